The number of carbonyl (C=O) groups is 2. The molecule has 3 N–H and O–H groups in total. The fourth-order valence-corrected chi connectivity index (χ4v) is 2.35. The quantitative estimate of drug-likeness (QED) is 0.547. The zero-order valence-electron chi connectivity index (χ0n) is 13.9. The maximum absolute atomic E-state index is 11.7. The molecular formula is C16H32N2O3. The Labute approximate surface area is 128 Å². The van der Waals surface area contributed by atoms with E-state index in [9.17, 15) is 9.59 Å². The summed E-state index contributed by atoms with van der Waals surface area (Å²) in [5.41, 5.74) is 0. The van der Waals surface area contributed by atoms with Gasteiger partial charge >= 0.3 is 12.0 Å². The van der Waals surface area contributed by atoms with Crippen LogP contribution in [0.3, 0.4) is 0 Å². The van der Waals surface area contributed by atoms with Crippen molar-refractivity contribution in [2.75, 3.05) is 6.54 Å². The van der Waals surface area contributed by atoms with Gasteiger partial charge in [0.25, 0.3) is 0 Å². The maximum atomic E-state index is 11.7. The Balaban J connectivity index is 3.91. The smallest absolute Gasteiger partial charge is 0.314 e. The third-order valence-electron chi connectivity index (χ3n) is 3.84. The highest BCUT2D eigenvalue weighted by molar-refractivity contribution is 5.74. The topological polar surface area (TPSA) is 78.4 Å². The Morgan fingerprint density at radius 3 is 2.29 bits per heavy atom. The van der Waals surface area contributed by atoms with E-state index in [1.54, 1.807) is 0 Å². The minimum absolute atomic E-state index is 0.126. The van der Waals surface area contributed by atoms with Gasteiger partial charge < -0.3 is 15.7 Å². The van der Waals surface area contributed by atoms with E-state index in [4.69, 9.17) is 5.11 Å². The van der Waals surface area contributed by atoms with Crippen LogP contribution in [0, 0.1) is 11.8 Å². The van der Waals surface area contributed by atoms with Crippen LogP contribution in [0.15, 0.2) is 0 Å². The first-order valence-electron chi connectivity index (χ1n) is 8.12. The van der Waals surface area contributed by atoms with Gasteiger partial charge in [-0.05, 0) is 38.0 Å². The summed E-state index contributed by atoms with van der Waals surface area (Å²) >= 11 is 0. The summed E-state index contributed by atoms with van der Waals surface area (Å²) in [6.45, 7) is 8.93. The molecule has 0 aliphatic rings. The maximum Gasteiger partial charge on any atom is 0.314 e. The van der Waals surface area contributed by atoms with Crippen molar-refractivity contribution in [3.05, 3.63) is 0 Å². The van der Waals surface area contributed by atoms with Crippen LogP contribution in [0.25, 0.3) is 0 Å². The van der Waals surface area contributed by atoms with E-state index in [1.807, 2.05) is 6.92 Å². The van der Waals surface area contributed by atoms with Crippen molar-refractivity contribution in [3.63, 3.8) is 0 Å². The van der Waals surface area contributed by atoms with Crippen LogP contribution in [0.2, 0.25) is 0 Å². The van der Waals surface area contributed by atoms with Gasteiger partial charge in [-0.3, -0.25) is 4.79 Å². The second kappa shape index (κ2) is 11.4. The summed E-state index contributed by atoms with van der Waals surface area (Å²) in [5, 5.41) is 14.5. The van der Waals surface area contributed by atoms with Crippen LogP contribution in [-0.2, 0) is 4.79 Å². The fraction of sp³-hybridized carbons (Fsp3) is 0.875. The third kappa shape index (κ3) is 11.1. The number of hydrogen-bond donors (Lipinski definition) is 3. The Morgan fingerprint density at radius 2 is 1.76 bits per heavy atom. The zero-order chi connectivity index (χ0) is 16.3. The molecular weight excluding hydrogens is 268 g/mol. The van der Waals surface area contributed by atoms with Crippen LogP contribution < -0.4 is 10.6 Å². The molecule has 0 aromatic rings. The number of nitrogens with one attached hydrogen (secondary N) is 2. The number of carboxylic acid groups (broad SMARTS) is 1. The number of urea groups is 1. The van der Waals surface area contributed by atoms with Gasteiger partial charge in [0.2, 0.25) is 0 Å². The Morgan fingerprint density at radius 1 is 1.10 bits per heavy atom. The second-order valence-electron chi connectivity index (χ2n) is 6.17. The van der Waals surface area contributed by atoms with Crippen LogP contribution >= 0.6 is 0 Å². The molecule has 2 atom stereocenters. The van der Waals surface area contributed by atoms with Crippen molar-refractivity contribution in [2.24, 2.45) is 11.8 Å². The Bertz CT molecular complexity index is 306. The summed E-state index contributed by atoms with van der Waals surface area (Å²) in [6, 6.07) is 0.0669. The number of rotatable bonds is 11. The van der Waals surface area contributed by atoms with Gasteiger partial charge in [0, 0.05) is 19.0 Å². The van der Waals surface area contributed by atoms with E-state index in [0.29, 0.717) is 24.8 Å². The molecule has 124 valence electrons. The molecule has 2 unspecified atom stereocenters. The zero-order valence-corrected chi connectivity index (χ0v) is 13.9. The first-order chi connectivity index (χ1) is 9.86. The van der Waals surface area contributed by atoms with Gasteiger partial charge in [-0.15, -0.1) is 0 Å². The largest absolute Gasteiger partial charge is 0.481 e. The lowest BCUT2D eigenvalue weighted by molar-refractivity contribution is -0.137. The molecule has 0 fully saturated rings. The first kappa shape index (κ1) is 19.7. The average molecular weight is 300 g/mol. The van der Waals surface area contributed by atoms with E-state index < -0.39 is 5.97 Å². The molecule has 5 nitrogen and oxygen atoms in total. The van der Waals surface area contributed by atoms with Crippen molar-refractivity contribution in [2.45, 2.75) is 72.3 Å². The van der Waals surface area contributed by atoms with Crippen LogP contribution in [0.5, 0.6) is 0 Å². The lowest BCUT2D eigenvalue weighted by Gasteiger charge is -2.21. The molecule has 0 aliphatic carbocycles. The Kier molecular flexibility index (Phi) is 10.7. The van der Waals surface area contributed by atoms with Crippen molar-refractivity contribution in [3.8, 4) is 0 Å². The normalized spacial score (nSPS) is 13.8. The molecule has 0 aromatic heterocycles. The van der Waals surface area contributed by atoms with Crippen LogP contribution in [0.4, 0.5) is 4.79 Å². The minimum Gasteiger partial charge on any atom is -0.481 e. The minimum atomic E-state index is -0.754. The highest BCUT2D eigenvalue weighted by Crippen LogP contribution is 2.20. The molecule has 0 aromatic carbocycles. The number of carboxylic acids is 1. The van der Waals surface area contributed by atoms with Gasteiger partial charge in [-0.25, -0.2) is 4.79 Å². The average Bonchev–Trinajstić information content (AvgIpc) is 2.39. The monoisotopic (exact) mass is 300 g/mol. The SMILES string of the molecule is CCCCC(C)NC(=O)NCCC(CCC(=O)O)C(C)C. The molecule has 5 heteroatoms. The summed E-state index contributed by atoms with van der Waals surface area (Å²) < 4.78 is 0. The molecule has 0 heterocycles. The summed E-state index contributed by atoms with van der Waals surface area (Å²) in [5.74, 6) is 0.00713. The van der Waals surface area contributed by atoms with Crippen LogP contribution in [-0.4, -0.2) is 29.7 Å². The number of hydrogen-bond acceptors (Lipinski definition) is 2. The van der Waals surface area contributed by atoms with E-state index in [2.05, 4.69) is 31.4 Å². The number of aliphatic carboxylic acids is 1. The predicted octanol–water partition coefficient (Wildman–Crippen LogP) is 3.39. The van der Waals surface area contributed by atoms with E-state index >= 15 is 0 Å². The van der Waals surface area contributed by atoms with Crippen LogP contribution in [0.1, 0.15) is 66.2 Å². The lowest BCUT2D eigenvalue weighted by atomic mass is 9.88. The van der Waals surface area contributed by atoms with E-state index in [-0.39, 0.29) is 18.5 Å². The lowest BCUT2D eigenvalue weighted by Crippen LogP contribution is -2.41. The third-order valence-corrected chi connectivity index (χ3v) is 3.84. The van der Waals surface area contributed by atoms with Crippen molar-refractivity contribution in [1.82, 2.24) is 10.6 Å². The van der Waals surface area contributed by atoms with Gasteiger partial charge in [0.1, 0.15) is 0 Å². The predicted molar refractivity (Wildman–Crippen MR) is 85.3 cm³/mol. The first-order valence-corrected chi connectivity index (χ1v) is 8.12. The highest BCUT2D eigenvalue weighted by Gasteiger charge is 2.15. The van der Waals surface area contributed by atoms with Gasteiger partial charge in [-0.2, -0.15) is 0 Å². The number of unbranched alkanes of at least 4 members (excludes halogenated alkanes) is 1. The molecule has 0 radical (unpaired) electrons. The molecule has 0 saturated heterocycles. The van der Waals surface area contributed by atoms with Crippen molar-refractivity contribution < 1.29 is 14.7 Å². The second-order valence-corrected chi connectivity index (χ2v) is 6.17. The number of amides is 2. The molecule has 0 bridgehead atoms. The van der Waals surface area contributed by atoms with Gasteiger partial charge in [-0.1, -0.05) is 33.6 Å². The number of carbonyl (C=O) groups excluding carboxylic acids is 1. The van der Waals surface area contributed by atoms with E-state index in [0.717, 1.165) is 25.7 Å². The van der Waals surface area contributed by atoms with Gasteiger partial charge in [0.15, 0.2) is 0 Å². The summed E-state index contributed by atoms with van der Waals surface area (Å²) in [7, 11) is 0. The molecule has 21 heavy (non-hydrogen) atoms. The highest BCUT2D eigenvalue weighted by atomic mass is 16.4. The molecule has 0 rings (SSSR count). The molecule has 2 amide bonds. The molecule has 0 saturated carbocycles. The van der Waals surface area contributed by atoms with Gasteiger partial charge in [0.05, 0.1) is 0 Å². The summed E-state index contributed by atoms with van der Waals surface area (Å²) in [4.78, 5) is 22.4. The fourth-order valence-electron chi connectivity index (χ4n) is 2.35. The summed E-state index contributed by atoms with van der Waals surface area (Å²) in [6.07, 6.45) is 4.94. The van der Waals surface area contributed by atoms with Crippen molar-refractivity contribution in [1.29, 1.82) is 0 Å². The standard InChI is InChI=1S/C16H32N2O3/c1-5-6-7-13(4)18-16(21)17-11-10-14(12(2)3)8-9-15(19)20/h12-14H,5-11H2,1-4H3,(H,19,20)(H2,17,18,21). The Hall–Kier alpha value is -1.26. The molecule has 0 aliphatic heterocycles. The van der Waals surface area contributed by atoms with Crippen molar-refractivity contribution >= 4 is 12.0 Å². The van der Waals surface area contributed by atoms with E-state index in [1.165, 1.54) is 0 Å². The molecule has 0 spiro atoms.